The monoisotopic (exact) mass is 386 g/mol. The highest BCUT2D eigenvalue weighted by atomic mass is 32.2. The molecular weight excluding hydrogens is 360 g/mol. The minimum atomic E-state index is -3.28. The van der Waals surface area contributed by atoms with E-state index >= 15 is 0 Å². The van der Waals surface area contributed by atoms with Gasteiger partial charge in [0.2, 0.25) is 10.0 Å². The quantitative estimate of drug-likeness (QED) is 0.828. The molecule has 2 aromatic rings. The van der Waals surface area contributed by atoms with E-state index in [0.717, 1.165) is 19.3 Å². The fourth-order valence-electron chi connectivity index (χ4n) is 3.29. The SMILES string of the molecule is C[C@@H](CCc1ccccc1)NC(=O)c1cccc(N2CCCCS2(=O)=O)c1. The van der Waals surface area contributed by atoms with Gasteiger partial charge >= 0.3 is 0 Å². The van der Waals surface area contributed by atoms with Crippen LogP contribution in [0.3, 0.4) is 0 Å². The Morgan fingerprint density at radius 1 is 1.11 bits per heavy atom. The van der Waals surface area contributed by atoms with Crippen molar-refractivity contribution in [2.24, 2.45) is 0 Å². The maximum absolute atomic E-state index is 12.6. The molecule has 6 heteroatoms. The fourth-order valence-corrected chi connectivity index (χ4v) is 4.92. The molecule has 0 saturated carbocycles. The summed E-state index contributed by atoms with van der Waals surface area (Å²) in [6, 6.07) is 17.1. The molecule has 1 atom stereocenters. The van der Waals surface area contributed by atoms with Crippen LogP contribution in [0, 0.1) is 0 Å². The number of nitrogens with zero attached hydrogens (tertiary/aromatic N) is 1. The van der Waals surface area contributed by atoms with Crippen LogP contribution in [0.2, 0.25) is 0 Å². The topological polar surface area (TPSA) is 66.5 Å². The highest BCUT2D eigenvalue weighted by Crippen LogP contribution is 2.24. The van der Waals surface area contributed by atoms with Crippen LogP contribution in [-0.4, -0.2) is 32.7 Å². The molecule has 2 aromatic carbocycles. The highest BCUT2D eigenvalue weighted by molar-refractivity contribution is 7.92. The Balaban J connectivity index is 1.63. The summed E-state index contributed by atoms with van der Waals surface area (Å²) in [5.41, 5.74) is 2.30. The van der Waals surface area contributed by atoms with Crippen LogP contribution in [0.1, 0.15) is 42.1 Å². The van der Waals surface area contributed by atoms with Gasteiger partial charge in [-0.05, 0) is 56.4 Å². The second-order valence-electron chi connectivity index (χ2n) is 7.04. The van der Waals surface area contributed by atoms with Crippen LogP contribution in [-0.2, 0) is 16.4 Å². The molecule has 0 aromatic heterocycles. The van der Waals surface area contributed by atoms with Crippen molar-refractivity contribution < 1.29 is 13.2 Å². The molecule has 0 bridgehead atoms. The summed E-state index contributed by atoms with van der Waals surface area (Å²) in [5.74, 6) is -0.00763. The predicted octanol–water partition coefficient (Wildman–Crippen LogP) is 3.37. The third-order valence-corrected chi connectivity index (χ3v) is 6.70. The molecule has 0 unspecified atom stereocenters. The lowest BCUT2D eigenvalue weighted by atomic mass is 10.1. The van der Waals surface area contributed by atoms with E-state index in [1.165, 1.54) is 9.87 Å². The van der Waals surface area contributed by atoms with Gasteiger partial charge in [0.1, 0.15) is 0 Å². The summed E-state index contributed by atoms with van der Waals surface area (Å²) in [6.45, 7) is 2.46. The lowest BCUT2D eigenvalue weighted by Crippen LogP contribution is -2.38. The number of hydrogen-bond acceptors (Lipinski definition) is 3. The number of benzene rings is 2. The summed E-state index contributed by atoms with van der Waals surface area (Å²) in [5, 5.41) is 3.01. The molecule has 1 saturated heterocycles. The first kappa shape index (κ1) is 19.4. The Hall–Kier alpha value is -2.34. The minimum Gasteiger partial charge on any atom is -0.350 e. The number of carbonyl (C=O) groups is 1. The lowest BCUT2D eigenvalue weighted by molar-refractivity contribution is 0.0938. The molecular formula is C21H26N2O3S. The van der Waals surface area contributed by atoms with Crippen LogP contribution >= 0.6 is 0 Å². The zero-order valence-electron chi connectivity index (χ0n) is 15.6. The molecule has 1 aliphatic heterocycles. The number of aryl methyl sites for hydroxylation is 1. The summed E-state index contributed by atoms with van der Waals surface area (Å²) in [7, 11) is -3.28. The predicted molar refractivity (Wildman–Crippen MR) is 109 cm³/mol. The van der Waals surface area contributed by atoms with Crippen molar-refractivity contribution in [2.75, 3.05) is 16.6 Å². The molecule has 3 rings (SSSR count). The van der Waals surface area contributed by atoms with Gasteiger partial charge in [0.25, 0.3) is 5.91 Å². The first-order valence-electron chi connectivity index (χ1n) is 9.41. The van der Waals surface area contributed by atoms with Crippen molar-refractivity contribution in [3.63, 3.8) is 0 Å². The van der Waals surface area contributed by atoms with Gasteiger partial charge in [0.15, 0.2) is 0 Å². The number of hydrogen-bond donors (Lipinski definition) is 1. The van der Waals surface area contributed by atoms with Gasteiger partial charge in [-0.1, -0.05) is 36.4 Å². The molecule has 0 spiro atoms. The van der Waals surface area contributed by atoms with Crippen molar-refractivity contribution in [3.05, 3.63) is 65.7 Å². The molecule has 5 nitrogen and oxygen atoms in total. The van der Waals surface area contributed by atoms with E-state index in [4.69, 9.17) is 0 Å². The molecule has 1 fully saturated rings. The number of anilines is 1. The van der Waals surface area contributed by atoms with Crippen molar-refractivity contribution >= 4 is 21.6 Å². The summed E-state index contributed by atoms with van der Waals surface area (Å²) in [6.07, 6.45) is 3.27. The van der Waals surface area contributed by atoms with Crippen LogP contribution in [0.5, 0.6) is 0 Å². The Bertz CT molecular complexity index is 881. The Morgan fingerprint density at radius 3 is 2.63 bits per heavy atom. The van der Waals surface area contributed by atoms with Crippen LogP contribution < -0.4 is 9.62 Å². The average molecular weight is 387 g/mol. The molecule has 1 aliphatic rings. The van der Waals surface area contributed by atoms with Gasteiger partial charge in [-0.25, -0.2) is 8.42 Å². The Labute approximate surface area is 161 Å². The molecule has 1 N–H and O–H groups in total. The van der Waals surface area contributed by atoms with Gasteiger partial charge in [-0.15, -0.1) is 0 Å². The zero-order chi connectivity index (χ0) is 19.3. The largest absolute Gasteiger partial charge is 0.350 e. The van der Waals surface area contributed by atoms with E-state index in [2.05, 4.69) is 17.4 Å². The van der Waals surface area contributed by atoms with Gasteiger partial charge in [0.05, 0.1) is 11.4 Å². The first-order chi connectivity index (χ1) is 13.0. The molecule has 144 valence electrons. The number of nitrogens with one attached hydrogen (secondary N) is 1. The molecule has 1 heterocycles. The number of sulfonamides is 1. The summed E-state index contributed by atoms with van der Waals surface area (Å²) in [4.78, 5) is 12.6. The molecule has 27 heavy (non-hydrogen) atoms. The average Bonchev–Trinajstić information content (AvgIpc) is 2.67. The minimum absolute atomic E-state index is 0.0279. The second kappa shape index (κ2) is 8.57. The summed E-state index contributed by atoms with van der Waals surface area (Å²) >= 11 is 0. The van der Waals surface area contributed by atoms with E-state index in [1.54, 1.807) is 24.3 Å². The van der Waals surface area contributed by atoms with E-state index in [-0.39, 0.29) is 17.7 Å². The van der Waals surface area contributed by atoms with E-state index < -0.39 is 10.0 Å². The number of amides is 1. The van der Waals surface area contributed by atoms with Crippen molar-refractivity contribution in [3.8, 4) is 0 Å². The standard InChI is InChI=1S/C21H26N2O3S/c1-17(12-13-18-8-3-2-4-9-18)22-21(24)19-10-7-11-20(16-19)23-14-5-6-15-27(23,25)26/h2-4,7-11,16-17H,5-6,12-15H2,1H3,(H,22,24)/t17-/m0/s1. The third-order valence-electron chi connectivity index (χ3n) is 4.83. The maximum Gasteiger partial charge on any atom is 0.251 e. The highest BCUT2D eigenvalue weighted by Gasteiger charge is 2.26. The van der Waals surface area contributed by atoms with E-state index in [0.29, 0.717) is 24.2 Å². The molecule has 0 radical (unpaired) electrons. The lowest BCUT2D eigenvalue weighted by Gasteiger charge is -2.28. The Morgan fingerprint density at radius 2 is 1.89 bits per heavy atom. The summed E-state index contributed by atoms with van der Waals surface area (Å²) < 4.78 is 26.0. The van der Waals surface area contributed by atoms with Crippen LogP contribution in [0.25, 0.3) is 0 Å². The molecule has 0 aliphatic carbocycles. The van der Waals surface area contributed by atoms with E-state index in [9.17, 15) is 13.2 Å². The fraction of sp³-hybridized carbons (Fsp3) is 0.381. The first-order valence-corrected chi connectivity index (χ1v) is 11.0. The number of rotatable bonds is 6. The normalized spacial score (nSPS) is 17.3. The van der Waals surface area contributed by atoms with Crippen LogP contribution in [0.4, 0.5) is 5.69 Å². The second-order valence-corrected chi connectivity index (χ2v) is 9.06. The van der Waals surface area contributed by atoms with Gasteiger partial charge < -0.3 is 5.32 Å². The van der Waals surface area contributed by atoms with Crippen molar-refractivity contribution in [1.29, 1.82) is 0 Å². The zero-order valence-corrected chi connectivity index (χ0v) is 16.4. The third kappa shape index (κ3) is 5.10. The van der Waals surface area contributed by atoms with Gasteiger partial charge in [-0.3, -0.25) is 9.10 Å². The smallest absolute Gasteiger partial charge is 0.251 e. The van der Waals surface area contributed by atoms with E-state index in [1.807, 2.05) is 25.1 Å². The van der Waals surface area contributed by atoms with Crippen LogP contribution in [0.15, 0.2) is 54.6 Å². The number of carbonyl (C=O) groups excluding carboxylic acids is 1. The maximum atomic E-state index is 12.6. The van der Waals surface area contributed by atoms with Crippen molar-refractivity contribution in [2.45, 2.75) is 38.6 Å². The van der Waals surface area contributed by atoms with Gasteiger partial charge in [0, 0.05) is 18.2 Å². The Kier molecular flexibility index (Phi) is 6.16. The van der Waals surface area contributed by atoms with Gasteiger partial charge in [-0.2, -0.15) is 0 Å². The van der Waals surface area contributed by atoms with Crippen molar-refractivity contribution in [1.82, 2.24) is 5.32 Å². The molecule has 1 amide bonds.